The van der Waals surface area contributed by atoms with Crippen LogP contribution in [0.1, 0.15) is 16.8 Å². The third kappa shape index (κ3) is 5.36. The predicted octanol–water partition coefficient (Wildman–Crippen LogP) is 2.61. The Hall–Kier alpha value is -2.80. The number of carbonyl (C=O) groups is 1. The van der Waals surface area contributed by atoms with Crippen molar-refractivity contribution in [1.29, 1.82) is 0 Å². The van der Waals surface area contributed by atoms with E-state index in [1.54, 1.807) is 39.7 Å². The first-order chi connectivity index (χ1) is 12.2. The number of aromatic nitrogens is 1. The summed E-state index contributed by atoms with van der Waals surface area (Å²) in [7, 11) is 4.82. The van der Waals surface area contributed by atoms with E-state index in [2.05, 4.69) is 15.6 Å². The van der Waals surface area contributed by atoms with Crippen molar-refractivity contribution in [1.82, 2.24) is 10.3 Å². The second kappa shape index (κ2) is 9.48. The van der Waals surface area contributed by atoms with Gasteiger partial charge in [-0.25, -0.2) is 0 Å². The second-order valence-electron chi connectivity index (χ2n) is 5.26. The topological polar surface area (TPSA) is 81.7 Å². The smallest absolute Gasteiger partial charge is 0.252 e. The lowest BCUT2D eigenvalue weighted by atomic mass is 10.2. The highest BCUT2D eigenvalue weighted by molar-refractivity contribution is 5.94. The summed E-state index contributed by atoms with van der Waals surface area (Å²) < 4.78 is 15.5. The van der Waals surface area contributed by atoms with Crippen molar-refractivity contribution in [2.24, 2.45) is 0 Å². The Labute approximate surface area is 147 Å². The van der Waals surface area contributed by atoms with E-state index < -0.39 is 0 Å². The third-order valence-electron chi connectivity index (χ3n) is 3.50. The van der Waals surface area contributed by atoms with Crippen LogP contribution in [0.2, 0.25) is 0 Å². The number of benzene rings is 1. The highest BCUT2D eigenvalue weighted by Crippen LogP contribution is 2.31. The molecule has 7 nitrogen and oxygen atoms in total. The highest BCUT2D eigenvalue weighted by Gasteiger charge is 2.09. The van der Waals surface area contributed by atoms with Crippen LogP contribution < -0.4 is 20.1 Å². The lowest BCUT2D eigenvalue weighted by Gasteiger charge is -2.13. The summed E-state index contributed by atoms with van der Waals surface area (Å²) in [6.07, 6.45) is 3.93. The molecular weight excluding hydrogens is 322 g/mol. The lowest BCUT2D eigenvalue weighted by molar-refractivity contribution is 0.0948. The lowest BCUT2D eigenvalue weighted by Crippen LogP contribution is -2.25. The number of methoxy groups -OCH3 is 3. The molecule has 0 aliphatic heterocycles. The molecule has 0 fully saturated rings. The number of carbonyl (C=O) groups excluding carboxylic acids is 1. The van der Waals surface area contributed by atoms with Gasteiger partial charge in [-0.3, -0.25) is 9.78 Å². The van der Waals surface area contributed by atoms with Gasteiger partial charge >= 0.3 is 0 Å². The first-order valence-corrected chi connectivity index (χ1v) is 7.89. The van der Waals surface area contributed by atoms with Gasteiger partial charge in [-0.2, -0.15) is 0 Å². The summed E-state index contributed by atoms with van der Waals surface area (Å²) >= 11 is 0. The highest BCUT2D eigenvalue weighted by atomic mass is 16.5. The van der Waals surface area contributed by atoms with E-state index >= 15 is 0 Å². The Morgan fingerprint density at radius 3 is 2.68 bits per heavy atom. The molecule has 7 heteroatoms. The number of ether oxygens (including phenoxy) is 3. The summed E-state index contributed by atoms with van der Waals surface area (Å²) in [5.74, 6) is 1.18. The molecule has 0 aliphatic rings. The molecule has 2 N–H and O–H groups in total. The van der Waals surface area contributed by atoms with Crippen LogP contribution in [0, 0.1) is 0 Å². The molecule has 1 amide bonds. The molecule has 0 saturated heterocycles. The monoisotopic (exact) mass is 345 g/mol. The molecule has 0 saturated carbocycles. The number of pyridine rings is 1. The fraction of sp³-hybridized carbons (Fsp3) is 0.333. The molecule has 2 aromatic rings. The number of nitrogens with zero attached hydrogens (tertiary/aromatic N) is 1. The summed E-state index contributed by atoms with van der Waals surface area (Å²) in [6, 6.07) is 7.17. The standard InChI is InChI=1S/C18H23N3O4/c1-23-8-4-7-20-18(22)13-9-14(12-19-11-13)21-16-10-15(24-2)5-6-17(16)25-3/h5-6,9-12,21H,4,7-8H2,1-3H3,(H,20,22). The Kier molecular flexibility index (Phi) is 7.03. The van der Waals surface area contributed by atoms with Gasteiger partial charge in [-0.15, -0.1) is 0 Å². The number of hydrogen-bond acceptors (Lipinski definition) is 6. The minimum absolute atomic E-state index is 0.176. The molecule has 25 heavy (non-hydrogen) atoms. The number of amides is 1. The molecule has 0 unspecified atom stereocenters. The zero-order chi connectivity index (χ0) is 18.1. The van der Waals surface area contributed by atoms with Crippen molar-refractivity contribution in [3.8, 4) is 11.5 Å². The van der Waals surface area contributed by atoms with Crippen LogP contribution in [0.5, 0.6) is 11.5 Å². The van der Waals surface area contributed by atoms with Gasteiger partial charge in [-0.05, 0) is 24.6 Å². The molecule has 1 aromatic carbocycles. The first-order valence-electron chi connectivity index (χ1n) is 7.89. The van der Waals surface area contributed by atoms with Gasteiger partial charge in [0.2, 0.25) is 0 Å². The Bertz CT molecular complexity index is 706. The Balaban J connectivity index is 2.10. The van der Waals surface area contributed by atoms with E-state index in [0.717, 1.165) is 12.1 Å². The zero-order valence-electron chi connectivity index (χ0n) is 14.7. The normalized spacial score (nSPS) is 10.2. The van der Waals surface area contributed by atoms with Crippen molar-refractivity contribution in [3.63, 3.8) is 0 Å². The van der Waals surface area contributed by atoms with Crippen molar-refractivity contribution < 1.29 is 19.0 Å². The SMILES string of the molecule is COCCCNC(=O)c1cncc(Nc2cc(OC)ccc2OC)c1. The van der Waals surface area contributed by atoms with Gasteiger partial charge in [0.1, 0.15) is 11.5 Å². The van der Waals surface area contributed by atoms with Crippen LogP contribution in [0.15, 0.2) is 36.7 Å². The molecule has 134 valence electrons. The third-order valence-corrected chi connectivity index (χ3v) is 3.50. The molecular formula is C18H23N3O4. The van der Waals surface area contributed by atoms with Gasteiger partial charge in [-0.1, -0.05) is 0 Å². The van der Waals surface area contributed by atoms with Crippen LogP contribution >= 0.6 is 0 Å². The molecule has 0 spiro atoms. The van der Waals surface area contributed by atoms with E-state index in [-0.39, 0.29) is 5.91 Å². The van der Waals surface area contributed by atoms with Crippen molar-refractivity contribution in [3.05, 3.63) is 42.2 Å². The Morgan fingerprint density at radius 1 is 1.12 bits per heavy atom. The van der Waals surface area contributed by atoms with Gasteiger partial charge in [0.15, 0.2) is 0 Å². The van der Waals surface area contributed by atoms with Gasteiger partial charge < -0.3 is 24.8 Å². The Morgan fingerprint density at radius 2 is 1.96 bits per heavy atom. The molecule has 2 rings (SSSR count). The minimum Gasteiger partial charge on any atom is -0.497 e. The fourth-order valence-electron chi connectivity index (χ4n) is 2.22. The average molecular weight is 345 g/mol. The van der Waals surface area contributed by atoms with Crippen LogP contribution in [-0.4, -0.2) is 45.4 Å². The summed E-state index contributed by atoms with van der Waals surface area (Å²) in [5, 5.41) is 6.04. The van der Waals surface area contributed by atoms with E-state index in [1.807, 2.05) is 12.1 Å². The van der Waals surface area contributed by atoms with Crippen molar-refractivity contribution in [2.75, 3.05) is 39.8 Å². The second-order valence-corrected chi connectivity index (χ2v) is 5.26. The number of hydrogen-bond donors (Lipinski definition) is 2. The van der Waals surface area contributed by atoms with E-state index in [9.17, 15) is 4.79 Å². The van der Waals surface area contributed by atoms with Crippen LogP contribution in [0.3, 0.4) is 0 Å². The maximum absolute atomic E-state index is 12.2. The van der Waals surface area contributed by atoms with E-state index in [1.165, 1.54) is 6.20 Å². The molecule has 1 aromatic heterocycles. The summed E-state index contributed by atoms with van der Waals surface area (Å²) in [6.45, 7) is 1.16. The van der Waals surface area contributed by atoms with Crippen LogP contribution in [0.4, 0.5) is 11.4 Å². The van der Waals surface area contributed by atoms with Crippen molar-refractivity contribution in [2.45, 2.75) is 6.42 Å². The van der Waals surface area contributed by atoms with E-state index in [0.29, 0.717) is 35.9 Å². The number of nitrogens with one attached hydrogen (secondary N) is 2. The summed E-state index contributed by atoms with van der Waals surface area (Å²) in [4.78, 5) is 16.3. The zero-order valence-corrected chi connectivity index (χ0v) is 14.7. The largest absolute Gasteiger partial charge is 0.497 e. The van der Waals surface area contributed by atoms with E-state index in [4.69, 9.17) is 14.2 Å². The van der Waals surface area contributed by atoms with Crippen LogP contribution in [-0.2, 0) is 4.74 Å². The van der Waals surface area contributed by atoms with Gasteiger partial charge in [0.05, 0.1) is 37.4 Å². The molecule has 0 radical (unpaired) electrons. The quantitative estimate of drug-likeness (QED) is 0.680. The van der Waals surface area contributed by atoms with Crippen LogP contribution in [0.25, 0.3) is 0 Å². The fourth-order valence-corrected chi connectivity index (χ4v) is 2.22. The first kappa shape index (κ1) is 18.5. The molecule has 0 atom stereocenters. The maximum Gasteiger partial charge on any atom is 0.252 e. The average Bonchev–Trinajstić information content (AvgIpc) is 2.65. The molecule has 0 bridgehead atoms. The maximum atomic E-state index is 12.2. The van der Waals surface area contributed by atoms with Gasteiger partial charge in [0.25, 0.3) is 5.91 Å². The predicted molar refractivity (Wildman–Crippen MR) is 95.9 cm³/mol. The number of rotatable bonds is 9. The number of anilines is 2. The van der Waals surface area contributed by atoms with Gasteiger partial charge in [0, 0.05) is 32.5 Å². The summed E-state index contributed by atoms with van der Waals surface area (Å²) in [5.41, 5.74) is 1.88. The molecule has 0 aliphatic carbocycles. The van der Waals surface area contributed by atoms with Crippen molar-refractivity contribution >= 4 is 17.3 Å². The minimum atomic E-state index is -0.176. The molecule has 1 heterocycles.